The number of nitrogens with one attached hydrogen (secondary N) is 1. The number of unbranched alkanes of at least 4 members (excludes halogenated alkanes) is 2. The normalized spacial score (nSPS) is 28.1. The summed E-state index contributed by atoms with van der Waals surface area (Å²) >= 11 is 0. The fourth-order valence-corrected chi connectivity index (χ4v) is 4.60. The summed E-state index contributed by atoms with van der Waals surface area (Å²) < 4.78 is 0. The van der Waals surface area contributed by atoms with Crippen molar-refractivity contribution in [3.05, 3.63) is 30.5 Å². The molecule has 4 rings (SSSR count). The lowest BCUT2D eigenvalue weighted by Crippen LogP contribution is -2.33. The average molecular weight is 369 g/mol. The number of imide groups is 1. The largest absolute Gasteiger partial charge is 0.504 e. The van der Waals surface area contributed by atoms with Crippen LogP contribution in [-0.2, 0) is 14.4 Å². The van der Waals surface area contributed by atoms with Crippen LogP contribution in [0.15, 0.2) is 30.5 Å². The molecule has 2 bridgehead atoms. The topological polar surface area (TPSA) is 99.6 Å². The molecule has 7 nitrogen and oxygen atoms in total. The van der Waals surface area contributed by atoms with Gasteiger partial charge in [-0.1, -0.05) is 18.6 Å². The molecule has 0 unspecified atom stereocenters. The van der Waals surface area contributed by atoms with Gasteiger partial charge in [0.1, 0.15) is 0 Å². The molecule has 0 spiro atoms. The molecule has 27 heavy (non-hydrogen) atoms. The Kier molecular flexibility index (Phi) is 4.68. The number of nitrogens with zero attached hydrogens (tertiary/aromatic N) is 2. The number of hydrogen-bond donors (Lipinski definition) is 2. The van der Waals surface area contributed by atoms with Gasteiger partial charge in [0, 0.05) is 19.2 Å². The Bertz CT molecular complexity index is 776. The average Bonchev–Trinajstić information content (AvgIpc) is 3.32. The molecule has 7 heteroatoms. The fourth-order valence-electron chi connectivity index (χ4n) is 4.60. The van der Waals surface area contributed by atoms with E-state index in [0.717, 1.165) is 12.8 Å². The van der Waals surface area contributed by atoms with Gasteiger partial charge in [0.25, 0.3) is 0 Å². The Morgan fingerprint density at radius 2 is 1.85 bits per heavy atom. The van der Waals surface area contributed by atoms with E-state index in [4.69, 9.17) is 0 Å². The summed E-state index contributed by atoms with van der Waals surface area (Å²) in [4.78, 5) is 42.4. The second-order valence-corrected chi connectivity index (χ2v) is 7.56. The van der Waals surface area contributed by atoms with E-state index >= 15 is 0 Å². The van der Waals surface area contributed by atoms with E-state index in [1.807, 2.05) is 0 Å². The molecule has 1 aromatic rings. The van der Waals surface area contributed by atoms with Crippen LogP contribution in [-0.4, -0.2) is 39.3 Å². The number of allylic oxidation sites excluding steroid dienone is 2. The standard InChI is InChI=1S/C20H23N3O4/c24-14-5-4-9-21-18(14)22-15(25)6-2-1-3-10-23-19(26)16-12-7-8-13(11-12)17(16)20(23)27/h4-5,7-9,12-13,16-17,24H,1-3,6,10-11H2,(H,21,22,25)/t12-,13-,16-,17+/m0/s1. The van der Waals surface area contributed by atoms with Crippen molar-refractivity contribution in [2.24, 2.45) is 23.7 Å². The highest BCUT2D eigenvalue weighted by atomic mass is 16.3. The summed E-state index contributed by atoms with van der Waals surface area (Å²) in [6.07, 6.45) is 9.03. The lowest BCUT2D eigenvalue weighted by Gasteiger charge is -2.17. The first-order valence-corrected chi connectivity index (χ1v) is 9.53. The van der Waals surface area contributed by atoms with Crippen molar-refractivity contribution in [1.29, 1.82) is 0 Å². The summed E-state index contributed by atoms with van der Waals surface area (Å²) in [7, 11) is 0. The number of hydrogen-bond acceptors (Lipinski definition) is 5. The lowest BCUT2D eigenvalue weighted by molar-refractivity contribution is -0.140. The fraction of sp³-hybridized carbons (Fsp3) is 0.500. The van der Waals surface area contributed by atoms with Gasteiger partial charge < -0.3 is 10.4 Å². The van der Waals surface area contributed by atoms with Gasteiger partial charge in [-0.15, -0.1) is 0 Å². The zero-order chi connectivity index (χ0) is 19.0. The number of fused-ring (bicyclic) bond motifs is 5. The van der Waals surface area contributed by atoms with Gasteiger partial charge in [0.2, 0.25) is 17.7 Å². The Morgan fingerprint density at radius 1 is 1.15 bits per heavy atom. The molecule has 1 saturated carbocycles. The van der Waals surface area contributed by atoms with E-state index in [0.29, 0.717) is 25.8 Å². The highest BCUT2D eigenvalue weighted by Gasteiger charge is 2.58. The zero-order valence-electron chi connectivity index (χ0n) is 15.0. The van der Waals surface area contributed by atoms with Crippen molar-refractivity contribution in [1.82, 2.24) is 9.88 Å². The summed E-state index contributed by atoms with van der Waals surface area (Å²) in [5, 5.41) is 12.2. The molecule has 2 aliphatic carbocycles. The Hall–Kier alpha value is -2.70. The maximum absolute atomic E-state index is 12.6. The molecule has 1 aliphatic heterocycles. The van der Waals surface area contributed by atoms with Crippen LogP contribution in [0.2, 0.25) is 0 Å². The molecule has 1 saturated heterocycles. The third-order valence-electron chi connectivity index (χ3n) is 5.89. The van der Waals surface area contributed by atoms with Crippen LogP contribution in [0.4, 0.5) is 5.82 Å². The number of rotatable bonds is 7. The minimum Gasteiger partial charge on any atom is -0.504 e. The highest BCUT2D eigenvalue weighted by molar-refractivity contribution is 6.06. The van der Waals surface area contributed by atoms with E-state index in [9.17, 15) is 19.5 Å². The number of aromatic nitrogens is 1. The molecule has 2 heterocycles. The van der Waals surface area contributed by atoms with E-state index < -0.39 is 0 Å². The van der Waals surface area contributed by atoms with Gasteiger partial charge in [-0.2, -0.15) is 0 Å². The first kappa shape index (κ1) is 17.7. The molecule has 2 N–H and O–H groups in total. The van der Waals surface area contributed by atoms with Gasteiger partial charge in [0.05, 0.1) is 11.8 Å². The maximum Gasteiger partial charge on any atom is 0.233 e. The summed E-state index contributed by atoms with van der Waals surface area (Å²) in [6, 6.07) is 3.05. The molecule has 3 amide bonds. The van der Waals surface area contributed by atoms with Crippen LogP contribution < -0.4 is 5.32 Å². The molecule has 4 atom stereocenters. The van der Waals surface area contributed by atoms with Crippen LogP contribution in [0.3, 0.4) is 0 Å². The predicted octanol–water partition coefficient (Wildman–Crippen LogP) is 2.09. The van der Waals surface area contributed by atoms with Crippen molar-refractivity contribution in [3.8, 4) is 5.75 Å². The monoisotopic (exact) mass is 369 g/mol. The van der Waals surface area contributed by atoms with Crippen molar-refractivity contribution in [3.63, 3.8) is 0 Å². The number of anilines is 1. The SMILES string of the molecule is O=C(CCCCCN1C(=O)[C@@H]2[C@H](C1=O)[C@H]1C=C[C@H]2C1)Nc1ncccc1O. The molecule has 2 fully saturated rings. The third-order valence-corrected chi connectivity index (χ3v) is 5.89. The first-order valence-electron chi connectivity index (χ1n) is 9.53. The second kappa shape index (κ2) is 7.13. The first-order chi connectivity index (χ1) is 13.1. The summed E-state index contributed by atoms with van der Waals surface area (Å²) in [5.41, 5.74) is 0. The van der Waals surface area contributed by atoms with E-state index in [1.54, 1.807) is 6.07 Å². The number of likely N-dealkylation sites (tertiary alicyclic amines) is 1. The Labute approximate surface area is 157 Å². The lowest BCUT2D eigenvalue weighted by atomic mass is 9.85. The minimum absolute atomic E-state index is 0.00906. The number of carbonyl (C=O) groups is 3. The quantitative estimate of drug-likeness (QED) is 0.436. The summed E-state index contributed by atoms with van der Waals surface area (Å²) in [6.45, 7) is 0.437. The van der Waals surface area contributed by atoms with Gasteiger partial charge in [-0.05, 0) is 43.2 Å². The molecular weight excluding hydrogens is 346 g/mol. The molecular formula is C20H23N3O4. The van der Waals surface area contributed by atoms with Crippen LogP contribution in [0.25, 0.3) is 0 Å². The molecule has 0 radical (unpaired) electrons. The van der Waals surface area contributed by atoms with Crippen LogP contribution in [0, 0.1) is 23.7 Å². The van der Waals surface area contributed by atoms with Gasteiger partial charge in [0.15, 0.2) is 11.6 Å². The molecule has 1 aromatic heterocycles. The Morgan fingerprint density at radius 3 is 2.52 bits per heavy atom. The number of carbonyl (C=O) groups excluding carboxylic acids is 3. The Balaban J connectivity index is 1.19. The number of pyridine rings is 1. The van der Waals surface area contributed by atoms with Gasteiger partial charge in [-0.3, -0.25) is 19.3 Å². The van der Waals surface area contributed by atoms with Crippen molar-refractivity contribution < 1.29 is 19.5 Å². The van der Waals surface area contributed by atoms with Crippen LogP contribution in [0.5, 0.6) is 5.75 Å². The second-order valence-electron chi connectivity index (χ2n) is 7.56. The maximum atomic E-state index is 12.6. The molecule has 142 valence electrons. The zero-order valence-corrected chi connectivity index (χ0v) is 15.0. The minimum atomic E-state index is -0.213. The van der Waals surface area contributed by atoms with Gasteiger partial charge >= 0.3 is 0 Å². The molecule has 0 aromatic carbocycles. The van der Waals surface area contributed by atoms with E-state index in [-0.39, 0.29) is 53.0 Å². The van der Waals surface area contributed by atoms with Crippen molar-refractivity contribution in [2.45, 2.75) is 32.1 Å². The molecule has 3 aliphatic rings. The van der Waals surface area contributed by atoms with Crippen molar-refractivity contribution in [2.75, 3.05) is 11.9 Å². The summed E-state index contributed by atoms with van der Waals surface area (Å²) in [5.74, 6) is 0.0800. The third kappa shape index (κ3) is 3.22. The smallest absolute Gasteiger partial charge is 0.233 e. The van der Waals surface area contributed by atoms with Crippen LogP contribution in [0.1, 0.15) is 32.1 Å². The van der Waals surface area contributed by atoms with E-state index in [2.05, 4.69) is 22.5 Å². The van der Waals surface area contributed by atoms with Crippen LogP contribution >= 0.6 is 0 Å². The predicted molar refractivity (Wildman–Crippen MR) is 97.4 cm³/mol. The highest BCUT2D eigenvalue weighted by Crippen LogP contribution is 2.52. The van der Waals surface area contributed by atoms with E-state index in [1.165, 1.54) is 17.2 Å². The number of aromatic hydroxyl groups is 1. The van der Waals surface area contributed by atoms with Crippen molar-refractivity contribution >= 4 is 23.5 Å². The number of amides is 3. The van der Waals surface area contributed by atoms with Gasteiger partial charge in [-0.25, -0.2) is 4.98 Å².